The normalized spacial score (nSPS) is 23.3. The minimum absolute atomic E-state index is 0.160. The molecule has 2 aliphatic carbocycles. The number of carbonyl (C=O) groups is 3. The van der Waals surface area contributed by atoms with Crippen molar-refractivity contribution < 1.29 is 14.4 Å². The molecule has 0 fully saturated rings. The second-order valence-electron chi connectivity index (χ2n) is 10.8. The van der Waals surface area contributed by atoms with E-state index in [2.05, 4.69) is 26.0 Å². The van der Waals surface area contributed by atoms with Gasteiger partial charge >= 0.3 is 0 Å². The van der Waals surface area contributed by atoms with E-state index in [0.717, 1.165) is 77.0 Å². The number of ketones is 3. The summed E-state index contributed by atoms with van der Waals surface area (Å²) >= 11 is 0. The second-order valence-corrected chi connectivity index (χ2v) is 10.8. The van der Waals surface area contributed by atoms with Gasteiger partial charge in [-0.3, -0.25) is 14.4 Å². The molecule has 192 valence electrons. The van der Waals surface area contributed by atoms with Crippen molar-refractivity contribution in [1.29, 1.82) is 0 Å². The van der Waals surface area contributed by atoms with Crippen LogP contribution in [0.4, 0.5) is 0 Å². The number of hydrogen-bond donors (Lipinski definition) is 0. The molecular formula is C32H46O3. The molecule has 0 N–H and O–H groups in total. The average molecular weight is 479 g/mol. The average Bonchev–Trinajstić information content (AvgIpc) is 2.88. The van der Waals surface area contributed by atoms with E-state index in [9.17, 15) is 14.4 Å². The summed E-state index contributed by atoms with van der Waals surface area (Å²) in [5.41, 5.74) is 1.27. The van der Waals surface area contributed by atoms with Gasteiger partial charge in [-0.05, 0) is 37.5 Å². The lowest BCUT2D eigenvalue weighted by Gasteiger charge is -2.41. The molecule has 2 aliphatic rings. The number of rotatable bonds is 16. The summed E-state index contributed by atoms with van der Waals surface area (Å²) in [7, 11) is 0. The van der Waals surface area contributed by atoms with E-state index in [4.69, 9.17) is 0 Å². The maximum absolute atomic E-state index is 13.6. The maximum Gasteiger partial charge on any atom is 0.168 e. The first-order chi connectivity index (χ1) is 17.1. The van der Waals surface area contributed by atoms with Crippen molar-refractivity contribution in [3.05, 3.63) is 47.5 Å². The van der Waals surface area contributed by atoms with Gasteiger partial charge in [-0.2, -0.15) is 0 Å². The van der Waals surface area contributed by atoms with Crippen molar-refractivity contribution in [2.45, 2.75) is 110 Å². The summed E-state index contributed by atoms with van der Waals surface area (Å²) in [6, 6.07) is 7.46. The summed E-state index contributed by atoms with van der Waals surface area (Å²) in [6.45, 7) is 4.34. The van der Waals surface area contributed by atoms with Gasteiger partial charge in [0.15, 0.2) is 11.6 Å². The first kappa shape index (κ1) is 27.6. The van der Waals surface area contributed by atoms with Crippen molar-refractivity contribution in [2.24, 2.45) is 23.7 Å². The van der Waals surface area contributed by atoms with Crippen LogP contribution in [0.5, 0.6) is 0 Å². The van der Waals surface area contributed by atoms with Crippen LogP contribution in [0.25, 0.3) is 0 Å². The molecule has 4 unspecified atom stereocenters. The molecule has 35 heavy (non-hydrogen) atoms. The lowest BCUT2D eigenvalue weighted by Crippen LogP contribution is -2.45. The first-order valence-electron chi connectivity index (χ1n) is 14.5. The zero-order chi connectivity index (χ0) is 25.0. The maximum atomic E-state index is 13.6. The Morgan fingerprint density at radius 1 is 0.629 bits per heavy atom. The fraction of sp³-hybridized carbons (Fsp3) is 0.656. The van der Waals surface area contributed by atoms with E-state index in [1.165, 1.54) is 19.3 Å². The number of Topliss-reactive ketones (excluding diaryl/α,β-unsaturated/α-hetero) is 3. The molecule has 0 amide bonds. The molecule has 3 rings (SSSR count). The van der Waals surface area contributed by atoms with E-state index < -0.39 is 0 Å². The fourth-order valence-corrected chi connectivity index (χ4v) is 6.13. The Morgan fingerprint density at radius 2 is 1.09 bits per heavy atom. The SMILES string of the molecule is CCCCCCC1C=CC(CCCCCCCC(=O)CCCC)C2C(=O)c3ccccc3C(=O)C12. The van der Waals surface area contributed by atoms with Crippen LogP contribution in [-0.4, -0.2) is 17.3 Å². The number of unbranched alkanes of at least 4 members (excludes halogenated alkanes) is 8. The van der Waals surface area contributed by atoms with Gasteiger partial charge in [-0.1, -0.05) is 108 Å². The van der Waals surface area contributed by atoms with Crippen molar-refractivity contribution >= 4 is 17.3 Å². The van der Waals surface area contributed by atoms with Gasteiger partial charge in [0.2, 0.25) is 0 Å². The smallest absolute Gasteiger partial charge is 0.168 e. The van der Waals surface area contributed by atoms with Gasteiger partial charge in [0.05, 0.1) is 0 Å². The molecule has 0 aromatic heterocycles. The number of benzene rings is 1. The first-order valence-corrected chi connectivity index (χ1v) is 14.5. The van der Waals surface area contributed by atoms with Gasteiger partial charge in [0.25, 0.3) is 0 Å². The monoisotopic (exact) mass is 478 g/mol. The number of carbonyl (C=O) groups excluding carboxylic acids is 3. The Kier molecular flexibility index (Phi) is 11.4. The Hall–Kier alpha value is -2.03. The Balaban J connectivity index is 1.57. The molecule has 4 atom stereocenters. The minimum Gasteiger partial charge on any atom is -0.300 e. The molecule has 3 heteroatoms. The van der Waals surface area contributed by atoms with Gasteiger partial charge in [-0.15, -0.1) is 0 Å². The molecule has 0 radical (unpaired) electrons. The van der Waals surface area contributed by atoms with Gasteiger partial charge in [-0.25, -0.2) is 0 Å². The number of hydrogen-bond acceptors (Lipinski definition) is 3. The van der Waals surface area contributed by atoms with E-state index in [-0.39, 0.29) is 35.2 Å². The zero-order valence-corrected chi connectivity index (χ0v) is 22.1. The van der Waals surface area contributed by atoms with Crippen molar-refractivity contribution in [2.75, 3.05) is 0 Å². The fourth-order valence-electron chi connectivity index (χ4n) is 6.13. The van der Waals surface area contributed by atoms with Crippen molar-refractivity contribution in [3.63, 3.8) is 0 Å². The molecule has 3 nitrogen and oxygen atoms in total. The van der Waals surface area contributed by atoms with Gasteiger partial charge < -0.3 is 0 Å². The summed E-state index contributed by atoms with van der Waals surface area (Å²) < 4.78 is 0. The topological polar surface area (TPSA) is 51.2 Å². The molecule has 0 spiro atoms. The van der Waals surface area contributed by atoms with E-state index in [1.54, 1.807) is 0 Å². The lowest BCUT2D eigenvalue weighted by atomic mass is 9.60. The minimum atomic E-state index is -0.199. The predicted octanol–water partition coefficient (Wildman–Crippen LogP) is 8.56. The van der Waals surface area contributed by atoms with Crippen LogP contribution in [0.15, 0.2) is 36.4 Å². The predicted molar refractivity (Wildman–Crippen MR) is 144 cm³/mol. The van der Waals surface area contributed by atoms with E-state index >= 15 is 0 Å². The van der Waals surface area contributed by atoms with E-state index in [0.29, 0.717) is 16.9 Å². The van der Waals surface area contributed by atoms with Crippen LogP contribution in [0.1, 0.15) is 131 Å². The van der Waals surface area contributed by atoms with Crippen LogP contribution < -0.4 is 0 Å². The molecule has 1 aromatic carbocycles. The highest BCUT2D eigenvalue weighted by Crippen LogP contribution is 2.45. The third kappa shape index (κ3) is 7.48. The molecular weight excluding hydrogens is 432 g/mol. The highest BCUT2D eigenvalue weighted by molar-refractivity contribution is 6.16. The summed E-state index contributed by atoms with van der Waals surface area (Å²) in [5.74, 6) is 0.736. The van der Waals surface area contributed by atoms with Crippen molar-refractivity contribution in [1.82, 2.24) is 0 Å². The lowest BCUT2D eigenvalue weighted by molar-refractivity contribution is -0.119. The molecule has 0 saturated heterocycles. The Labute approximate surface area is 213 Å². The van der Waals surface area contributed by atoms with Gasteiger partial charge in [0, 0.05) is 35.8 Å². The highest BCUT2D eigenvalue weighted by atomic mass is 16.1. The van der Waals surface area contributed by atoms with Crippen LogP contribution in [0.2, 0.25) is 0 Å². The zero-order valence-electron chi connectivity index (χ0n) is 22.1. The van der Waals surface area contributed by atoms with E-state index in [1.807, 2.05) is 24.3 Å². The summed E-state index contributed by atoms with van der Waals surface area (Å²) in [6.07, 6.45) is 20.3. The highest BCUT2D eigenvalue weighted by Gasteiger charge is 2.48. The molecule has 0 heterocycles. The molecule has 0 aliphatic heterocycles. The van der Waals surface area contributed by atoms with Crippen LogP contribution in [0.3, 0.4) is 0 Å². The number of allylic oxidation sites excluding steroid dienone is 2. The Bertz CT molecular complexity index is 867. The van der Waals surface area contributed by atoms with Crippen LogP contribution in [0, 0.1) is 23.7 Å². The summed E-state index contributed by atoms with van der Waals surface area (Å²) in [5, 5.41) is 0. The third-order valence-corrected chi connectivity index (χ3v) is 8.17. The molecule has 0 saturated carbocycles. The molecule has 0 bridgehead atoms. The summed E-state index contributed by atoms with van der Waals surface area (Å²) in [4.78, 5) is 39.1. The van der Waals surface area contributed by atoms with Gasteiger partial charge in [0.1, 0.15) is 5.78 Å². The Morgan fingerprint density at radius 3 is 1.63 bits per heavy atom. The van der Waals surface area contributed by atoms with Crippen LogP contribution in [-0.2, 0) is 4.79 Å². The number of fused-ring (bicyclic) bond motifs is 2. The second kappa shape index (κ2) is 14.5. The third-order valence-electron chi connectivity index (χ3n) is 8.17. The quantitative estimate of drug-likeness (QED) is 0.177. The van der Waals surface area contributed by atoms with Crippen molar-refractivity contribution in [3.8, 4) is 0 Å². The van der Waals surface area contributed by atoms with Crippen LogP contribution >= 0.6 is 0 Å². The largest absolute Gasteiger partial charge is 0.300 e. The standard InChI is InChI=1S/C32H46O3/c1-3-5-7-11-16-24-22-23-25(17-12-9-8-10-13-19-26(33)18-6-4-2)30-29(24)31(34)27-20-14-15-21-28(27)32(30)35/h14-15,20-25,29-30H,3-13,16-19H2,1-2H3. The molecule has 1 aromatic rings.